The summed E-state index contributed by atoms with van der Waals surface area (Å²) in [4.78, 5) is 0.855. The smallest absolute Gasteiger partial charge is 0.234 e. The van der Waals surface area contributed by atoms with Crippen LogP contribution >= 0.6 is 11.3 Å². The van der Waals surface area contributed by atoms with Gasteiger partial charge in [0.2, 0.25) is 4.96 Å². The molecule has 3 heterocycles. The van der Waals surface area contributed by atoms with Gasteiger partial charge in [0, 0.05) is 12.8 Å². The highest BCUT2D eigenvalue weighted by molar-refractivity contribution is 7.16. The Morgan fingerprint density at radius 2 is 2.00 bits per heavy atom. The van der Waals surface area contributed by atoms with Crippen LogP contribution in [0.2, 0.25) is 0 Å². The Hall–Kier alpha value is -2.15. The summed E-state index contributed by atoms with van der Waals surface area (Å²) >= 11 is 1.58. The van der Waals surface area contributed by atoms with Crippen LogP contribution in [0.5, 0.6) is 11.5 Å². The lowest BCUT2D eigenvalue weighted by molar-refractivity contribution is 0.171. The van der Waals surface area contributed by atoms with Gasteiger partial charge in [0.05, 0.1) is 0 Å². The van der Waals surface area contributed by atoms with Crippen molar-refractivity contribution in [2.24, 2.45) is 5.92 Å². The summed E-state index contributed by atoms with van der Waals surface area (Å²) in [5.74, 6) is 3.10. The average Bonchev–Trinajstić information content (AvgIpc) is 3.08. The Morgan fingerprint density at radius 1 is 1.17 bits per heavy atom. The average molecular weight is 330 g/mol. The molecule has 1 aromatic carbocycles. The molecule has 0 saturated heterocycles. The van der Waals surface area contributed by atoms with Crippen LogP contribution in [0, 0.1) is 5.92 Å². The largest absolute Gasteiger partial charge is 0.486 e. The molecule has 0 aliphatic carbocycles. The summed E-state index contributed by atoms with van der Waals surface area (Å²) in [5, 5.41) is 14.1. The molecule has 0 saturated carbocycles. The highest BCUT2D eigenvalue weighted by Gasteiger charge is 2.15. The molecule has 1 aliphatic rings. The lowest BCUT2D eigenvalue weighted by Gasteiger charge is -2.18. The van der Waals surface area contributed by atoms with E-state index in [0.29, 0.717) is 19.1 Å². The second kappa shape index (κ2) is 5.81. The normalized spacial score (nSPS) is 13.9. The first kappa shape index (κ1) is 14.4. The molecular formula is C16H18N4O2S. The predicted molar refractivity (Wildman–Crippen MR) is 87.4 cm³/mol. The Balaban J connectivity index is 1.59. The van der Waals surface area contributed by atoms with E-state index >= 15 is 0 Å². The topological polar surface area (TPSA) is 61.5 Å². The second-order valence-electron chi connectivity index (χ2n) is 6.06. The number of benzene rings is 1. The Kier molecular flexibility index (Phi) is 3.65. The molecule has 0 radical (unpaired) electrons. The second-order valence-corrected chi connectivity index (χ2v) is 7.10. The maximum Gasteiger partial charge on any atom is 0.234 e. The van der Waals surface area contributed by atoms with Gasteiger partial charge in [-0.25, -0.2) is 0 Å². The van der Waals surface area contributed by atoms with Gasteiger partial charge in [0.25, 0.3) is 0 Å². The maximum atomic E-state index is 5.64. The van der Waals surface area contributed by atoms with E-state index in [9.17, 15) is 0 Å². The summed E-state index contributed by atoms with van der Waals surface area (Å²) in [7, 11) is 0. The van der Waals surface area contributed by atoms with E-state index in [-0.39, 0.29) is 0 Å². The van der Waals surface area contributed by atoms with E-state index in [1.165, 1.54) is 0 Å². The van der Waals surface area contributed by atoms with Gasteiger partial charge in [0.15, 0.2) is 17.3 Å². The molecule has 0 unspecified atom stereocenters. The fourth-order valence-electron chi connectivity index (χ4n) is 2.63. The molecule has 3 aromatic rings. The van der Waals surface area contributed by atoms with E-state index in [4.69, 9.17) is 9.47 Å². The van der Waals surface area contributed by atoms with E-state index in [0.717, 1.165) is 45.7 Å². The van der Waals surface area contributed by atoms with Crippen molar-refractivity contribution in [2.75, 3.05) is 13.2 Å². The maximum absolute atomic E-state index is 5.64. The van der Waals surface area contributed by atoms with Crippen molar-refractivity contribution < 1.29 is 9.47 Å². The van der Waals surface area contributed by atoms with Crippen LogP contribution in [-0.2, 0) is 12.8 Å². The molecule has 1 aliphatic heterocycles. The van der Waals surface area contributed by atoms with Crippen LogP contribution in [-0.4, -0.2) is 33.0 Å². The minimum absolute atomic E-state index is 0.533. The molecule has 7 heteroatoms. The van der Waals surface area contributed by atoms with Gasteiger partial charge in [-0.2, -0.15) is 9.61 Å². The van der Waals surface area contributed by atoms with Gasteiger partial charge in [-0.1, -0.05) is 31.3 Å². The predicted octanol–water partition coefficient (Wildman–Crippen LogP) is 2.75. The number of aromatic nitrogens is 4. The third-order valence-electron chi connectivity index (χ3n) is 3.65. The Morgan fingerprint density at radius 3 is 2.83 bits per heavy atom. The molecule has 120 valence electrons. The van der Waals surface area contributed by atoms with Gasteiger partial charge in [-0.3, -0.25) is 0 Å². The summed E-state index contributed by atoms with van der Waals surface area (Å²) in [5.41, 5.74) is 1.16. The first-order valence-electron chi connectivity index (χ1n) is 7.77. The molecule has 0 N–H and O–H groups in total. The zero-order valence-corrected chi connectivity index (χ0v) is 14.0. The minimum atomic E-state index is 0.533. The standard InChI is InChI=1S/C16H18N4O2S/c1-10(2)7-14-17-18-16-20(14)19-15(23-16)9-11-3-4-12-13(8-11)22-6-5-21-12/h3-4,8,10H,5-7,9H2,1-2H3. The fraction of sp³-hybridized carbons (Fsp3) is 0.438. The van der Waals surface area contributed by atoms with Gasteiger partial charge in [-0.15, -0.1) is 10.2 Å². The van der Waals surface area contributed by atoms with E-state index in [2.05, 4.69) is 35.2 Å². The van der Waals surface area contributed by atoms with Crippen LogP contribution in [0.3, 0.4) is 0 Å². The summed E-state index contributed by atoms with van der Waals surface area (Å²) in [6, 6.07) is 6.06. The fourth-order valence-corrected chi connectivity index (χ4v) is 3.52. The van der Waals surface area contributed by atoms with Crippen LogP contribution in [0.15, 0.2) is 18.2 Å². The summed E-state index contributed by atoms with van der Waals surface area (Å²) in [6.07, 6.45) is 1.64. The zero-order chi connectivity index (χ0) is 15.8. The van der Waals surface area contributed by atoms with Crippen molar-refractivity contribution in [1.82, 2.24) is 19.8 Å². The molecule has 0 atom stereocenters. The molecule has 0 spiro atoms. The lowest BCUT2D eigenvalue weighted by atomic mass is 10.1. The molecule has 0 amide bonds. The van der Waals surface area contributed by atoms with Crippen molar-refractivity contribution in [1.29, 1.82) is 0 Å². The number of nitrogens with zero attached hydrogens (tertiary/aromatic N) is 4. The first-order chi connectivity index (χ1) is 11.2. The molecular weight excluding hydrogens is 312 g/mol. The molecule has 2 aromatic heterocycles. The highest BCUT2D eigenvalue weighted by atomic mass is 32.1. The van der Waals surface area contributed by atoms with E-state index in [1.807, 2.05) is 16.6 Å². The number of hydrogen-bond donors (Lipinski definition) is 0. The molecule has 6 nitrogen and oxygen atoms in total. The zero-order valence-electron chi connectivity index (χ0n) is 13.2. The third-order valence-corrected chi connectivity index (χ3v) is 4.55. The van der Waals surface area contributed by atoms with Crippen LogP contribution < -0.4 is 9.47 Å². The van der Waals surface area contributed by atoms with Gasteiger partial charge < -0.3 is 9.47 Å². The van der Waals surface area contributed by atoms with Crippen molar-refractivity contribution in [3.63, 3.8) is 0 Å². The SMILES string of the molecule is CC(C)Cc1nnc2sc(Cc3ccc4c(c3)OCCO4)nn12. The number of fused-ring (bicyclic) bond motifs is 2. The van der Waals surface area contributed by atoms with E-state index < -0.39 is 0 Å². The van der Waals surface area contributed by atoms with Gasteiger partial charge in [-0.05, 0) is 23.6 Å². The van der Waals surface area contributed by atoms with Crippen molar-refractivity contribution in [3.05, 3.63) is 34.6 Å². The monoisotopic (exact) mass is 330 g/mol. The van der Waals surface area contributed by atoms with Crippen LogP contribution in [0.4, 0.5) is 0 Å². The van der Waals surface area contributed by atoms with Gasteiger partial charge in [0.1, 0.15) is 18.2 Å². The van der Waals surface area contributed by atoms with Gasteiger partial charge >= 0.3 is 0 Å². The summed E-state index contributed by atoms with van der Waals surface area (Å²) in [6.45, 7) is 5.56. The van der Waals surface area contributed by atoms with Crippen molar-refractivity contribution >= 4 is 16.3 Å². The van der Waals surface area contributed by atoms with Crippen molar-refractivity contribution in [2.45, 2.75) is 26.7 Å². The summed E-state index contributed by atoms with van der Waals surface area (Å²) < 4.78 is 13.1. The van der Waals surface area contributed by atoms with E-state index in [1.54, 1.807) is 11.3 Å². The van der Waals surface area contributed by atoms with Crippen molar-refractivity contribution in [3.8, 4) is 11.5 Å². The van der Waals surface area contributed by atoms with Crippen LogP contribution in [0.1, 0.15) is 30.2 Å². The molecule has 0 fully saturated rings. The molecule has 23 heavy (non-hydrogen) atoms. The molecule has 0 bridgehead atoms. The quantitative estimate of drug-likeness (QED) is 0.736. The number of ether oxygens (including phenoxy) is 2. The Bertz CT molecular complexity index is 840. The third kappa shape index (κ3) is 2.88. The van der Waals surface area contributed by atoms with Crippen LogP contribution in [0.25, 0.3) is 4.96 Å². The first-order valence-corrected chi connectivity index (χ1v) is 8.59. The minimum Gasteiger partial charge on any atom is -0.486 e. The number of hydrogen-bond acceptors (Lipinski definition) is 6. The number of rotatable bonds is 4. The lowest BCUT2D eigenvalue weighted by Crippen LogP contribution is -2.15. The molecule has 4 rings (SSSR count). The Labute approximate surface area is 138 Å². The highest BCUT2D eigenvalue weighted by Crippen LogP contribution is 2.31.